The van der Waals surface area contributed by atoms with Crippen molar-refractivity contribution in [3.63, 3.8) is 0 Å². The molecule has 1 unspecified atom stereocenters. The first-order valence-corrected chi connectivity index (χ1v) is 10.2. The van der Waals surface area contributed by atoms with Crippen LogP contribution in [0.25, 0.3) is 0 Å². The average Bonchev–Trinajstić information content (AvgIpc) is 2.71. The molecular weight excluding hydrogens is 319 g/mol. The van der Waals surface area contributed by atoms with Crippen LogP contribution in [0.2, 0.25) is 18.1 Å². The number of hydrogen-bond donors (Lipinski definition) is 0. The Bertz CT molecular complexity index is 520. The molecule has 1 rings (SSSR count). The summed E-state index contributed by atoms with van der Waals surface area (Å²) >= 11 is 0.744. The molecule has 0 N–H and O–H groups in total. The van der Waals surface area contributed by atoms with E-state index in [1.807, 2.05) is 20.8 Å². The molecule has 0 saturated carbocycles. The van der Waals surface area contributed by atoms with E-state index in [-0.39, 0.29) is 20.7 Å². The van der Waals surface area contributed by atoms with E-state index in [2.05, 4.69) is 4.98 Å². The van der Waals surface area contributed by atoms with Gasteiger partial charge in [-0.1, -0.05) is 20.8 Å². The van der Waals surface area contributed by atoms with Crippen molar-refractivity contribution in [2.75, 3.05) is 0 Å². The minimum absolute atomic E-state index is 0.0677. The van der Waals surface area contributed by atoms with E-state index in [0.717, 1.165) is 17.5 Å². The van der Waals surface area contributed by atoms with E-state index in [9.17, 15) is 18.0 Å². The minimum Gasteiger partial charge on any atom is -0.401 e. The fraction of sp³-hybridized carbons (Fsp3) is 0.692. The lowest BCUT2D eigenvalue weighted by atomic mass is 10.2. The summed E-state index contributed by atoms with van der Waals surface area (Å²) in [5.41, 5.74) is 0. The summed E-state index contributed by atoms with van der Waals surface area (Å²) in [6.45, 7) is 10.4. The molecule has 0 aliphatic heterocycles. The van der Waals surface area contributed by atoms with Crippen LogP contribution in [-0.2, 0) is 4.43 Å². The molecule has 0 amide bonds. The van der Waals surface area contributed by atoms with Gasteiger partial charge in [0.05, 0.1) is 4.88 Å². The number of alkyl halides is 3. The van der Waals surface area contributed by atoms with Gasteiger partial charge < -0.3 is 4.43 Å². The first-order chi connectivity index (χ1) is 9.25. The van der Waals surface area contributed by atoms with E-state index in [4.69, 9.17) is 4.43 Å². The van der Waals surface area contributed by atoms with Crippen molar-refractivity contribution in [2.24, 2.45) is 0 Å². The van der Waals surface area contributed by atoms with Crippen LogP contribution in [0.3, 0.4) is 0 Å². The summed E-state index contributed by atoms with van der Waals surface area (Å²) in [5.74, 6) is -0.348. The number of halogens is 3. The van der Waals surface area contributed by atoms with Gasteiger partial charge in [0.1, 0.15) is 0 Å². The van der Waals surface area contributed by atoms with Crippen LogP contribution < -0.4 is 0 Å². The van der Waals surface area contributed by atoms with Crippen molar-refractivity contribution < 1.29 is 22.4 Å². The second-order valence-electron chi connectivity index (χ2n) is 6.42. The number of ketones is 1. The van der Waals surface area contributed by atoms with Gasteiger partial charge in [0.15, 0.2) is 25.2 Å². The maximum absolute atomic E-state index is 13.3. The summed E-state index contributed by atoms with van der Waals surface area (Å²) in [6, 6.07) is 0. The normalized spacial score (nSPS) is 15.1. The molecule has 0 aliphatic carbocycles. The highest BCUT2D eigenvalue weighted by molar-refractivity contribution is 7.13. The smallest absolute Gasteiger partial charge is 0.401 e. The van der Waals surface area contributed by atoms with Gasteiger partial charge >= 0.3 is 6.18 Å². The van der Waals surface area contributed by atoms with Gasteiger partial charge in [-0.2, -0.15) is 13.2 Å². The summed E-state index contributed by atoms with van der Waals surface area (Å²) in [5, 5.41) is -0.275. The van der Waals surface area contributed by atoms with E-state index in [0.29, 0.717) is 0 Å². The molecule has 120 valence electrons. The minimum atomic E-state index is -4.53. The van der Waals surface area contributed by atoms with Crippen LogP contribution in [0, 0.1) is 0 Å². The summed E-state index contributed by atoms with van der Waals surface area (Å²) in [7, 11) is -2.60. The zero-order valence-corrected chi connectivity index (χ0v) is 14.8. The number of carbonyl (C=O) groups is 1. The predicted molar refractivity (Wildman–Crippen MR) is 79.2 cm³/mol. The molecule has 21 heavy (non-hydrogen) atoms. The van der Waals surface area contributed by atoms with Crippen molar-refractivity contribution >= 4 is 25.4 Å². The first kappa shape index (κ1) is 18.3. The molecule has 0 saturated heterocycles. The quantitative estimate of drug-likeness (QED) is 0.574. The Labute approximate surface area is 127 Å². The number of hydrogen-bond acceptors (Lipinski definition) is 4. The highest BCUT2D eigenvalue weighted by atomic mass is 32.1. The van der Waals surface area contributed by atoms with Gasteiger partial charge in [-0.15, -0.1) is 11.3 Å². The van der Waals surface area contributed by atoms with Gasteiger partial charge in [0, 0.05) is 13.1 Å². The Kier molecular flexibility index (Phi) is 5.07. The number of carbonyl (C=O) groups excluding carboxylic acids is 1. The van der Waals surface area contributed by atoms with Crippen LogP contribution in [0.15, 0.2) is 6.20 Å². The second kappa shape index (κ2) is 5.81. The Hall–Kier alpha value is -0.733. The number of Topliss-reactive ketones (excluding diaryl/α,β-unsaturated/α-hetero) is 1. The van der Waals surface area contributed by atoms with Crippen LogP contribution in [0.5, 0.6) is 0 Å². The van der Waals surface area contributed by atoms with E-state index in [1.165, 1.54) is 6.92 Å². The van der Waals surface area contributed by atoms with Crippen molar-refractivity contribution in [3.8, 4) is 0 Å². The maximum atomic E-state index is 13.3. The van der Waals surface area contributed by atoms with Crippen LogP contribution in [0.1, 0.15) is 48.5 Å². The van der Waals surface area contributed by atoms with Crippen molar-refractivity contribution in [1.29, 1.82) is 0 Å². The number of rotatable bonds is 4. The lowest BCUT2D eigenvalue weighted by Gasteiger charge is -2.39. The van der Waals surface area contributed by atoms with Gasteiger partial charge in [-0.05, 0) is 18.1 Å². The second-order valence-corrected chi connectivity index (χ2v) is 12.2. The largest absolute Gasteiger partial charge is 0.418 e. The third-order valence-corrected chi connectivity index (χ3v) is 9.18. The Balaban J connectivity index is 3.16. The Morgan fingerprint density at radius 2 is 1.86 bits per heavy atom. The molecule has 8 heteroatoms. The SMILES string of the molecule is CC(=O)c1ncc(C(O[Si](C)(C)C(C)(C)C)C(F)(F)F)s1. The molecule has 1 atom stereocenters. The lowest BCUT2D eigenvalue weighted by Crippen LogP contribution is -2.44. The molecular formula is C13H20F3NO2SSi. The molecule has 1 aromatic heterocycles. The predicted octanol–water partition coefficient (Wildman–Crippen LogP) is 4.97. The first-order valence-electron chi connectivity index (χ1n) is 6.47. The summed E-state index contributed by atoms with van der Waals surface area (Å²) in [6.07, 6.45) is -5.47. The highest BCUT2D eigenvalue weighted by Gasteiger charge is 2.49. The van der Waals surface area contributed by atoms with Crippen LogP contribution in [0.4, 0.5) is 13.2 Å². The van der Waals surface area contributed by atoms with Crippen molar-refractivity contribution in [3.05, 3.63) is 16.1 Å². The van der Waals surface area contributed by atoms with E-state index >= 15 is 0 Å². The molecule has 0 fully saturated rings. The third-order valence-electron chi connectivity index (χ3n) is 3.60. The van der Waals surface area contributed by atoms with Gasteiger partial charge in [-0.3, -0.25) is 4.79 Å². The monoisotopic (exact) mass is 339 g/mol. The zero-order chi connectivity index (χ0) is 16.6. The summed E-state index contributed by atoms with van der Waals surface area (Å²) < 4.78 is 45.5. The average molecular weight is 339 g/mol. The van der Waals surface area contributed by atoms with Crippen molar-refractivity contribution in [1.82, 2.24) is 4.98 Å². The van der Waals surface area contributed by atoms with Gasteiger partial charge in [0.25, 0.3) is 0 Å². The fourth-order valence-electron chi connectivity index (χ4n) is 1.33. The molecule has 0 bridgehead atoms. The fourth-order valence-corrected chi connectivity index (χ4v) is 3.48. The molecule has 0 spiro atoms. The van der Waals surface area contributed by atoms with E-state index in [1.54, 1.807) is 13.1 Å². The molecule has 1 aromatic rings. The summed E-state index contributed by atoms with van der Waals surface area (Å²) in [4.78, 5) is 14.9. The molecule has 0 aromatic carbocycles. The number of aromatic nitrogens is 1. The maximum Gasteiger partial charge on any atom is 0.418 e. The van der Waals surface area contributed by atoms with Crippen LogP contribution in [-0.4, -0.2) is 25.3 Å². The standard InChI is InChI=1S/C13H20F3NO2SSi/c1-8(18)11-17-7-9(20-11)10(13(14,15)16)19-21(5,6)12(2,3)4/h7,10H,1-6H3. The van der Waals surface area contributed by atoms with Gasteiger partial charge in [0.2, 0.25) is 0 Å². The Morgan fingerprint density at radius 3 is 2.19 bits per heavy atom. The third kappa shape index (κ3) is 4.37. The van der Waals surface area contributed by atoms with E-state index < -0.39 is 20.6 Å². The lowest BCUT2D eigenvalue weighted by molar-refractivity contribution is -0.200. The highest BCUT2D eigenvalue weighted by Crippen LogP contribution is 2.45. The topological polar surface area (TPSA) is 39.2 Å². The number of nitrogens with zero attached hydrogens (tertiary/aromatic N) is 1. The van der Waals surface area contributed by atoms with Gasteiger partial charge in [-0.25, -0.2) is 4.98 Å². The zero-order valence-electron chi connectivity index (χ0n) is 13.0. The number of thiazole rings is 1. The molecule has 0 aliphatic rings. The Morgan fingerprint density at radius 1 is 1.33 bits per heavy atom. The molecule has 1 heterocycles. The molecule has 0 radical (unpaired) electrons. The van der Waals surface area contributed by atoms with Crippen LogP contribution >= 0.6 is 11.3 Å². The van der Waals surface area contributed by atoms with Crippen molar-refractivity contribution in [2.45, 2.75) is 58.1 Å². The molecule has 3 nitrogen and oxygen atoms in total.